The maximum absolute atomic E-state index is 12.7. The number of carbonyl (C=O) groups excluding carboxylic acids is 2. The van der Waals surface area contributed by atoms with Crippen LogP contribution in [0.2, 0.25) is 0 Å². The Morgan fingerprint density at radius 3 is 2.76 bits per heavy atom. The van der Waals surface area contributed by atoms with E-state index >= 15 is 0 Å². The summed E-state index contributed by atoms with van der Waals surface area (Å²) in [5, 5.41) is 4.14. The van der Waals surface area contributed by atoms with Crippen LogP contribution in [0, 0.1) is 13.8 Å². The highest BCUT2D eigenvalue weighted by Gasteiger charge is 2.21. The van der Waals surface area contributed by atoms with E-state index in [1.807, 2.05) is 36.9 Å². The molecule has 0 saturated carbocycles. The van der Waals surface area contributed by atoms with Crippen molar-refractivity contribution in [2.75, 3.05) is 24.2 Å². The van der Waals surface area contributed by atoms with Gasteiger partial charge in [-0.2, -0.15) is 4.98 Å². The molecule has 0 atom stereocenters. The molecule has 0 radical (unpaired) electrons. The van der Waals surface area contributed by atoms with E-state index in [9.17, 15) is 9.59 Å². The quantitative estimate of drug-likeness (QED) is 0.491. The molecule has 1 aliphatic heterocycles. The van der Waals surface area contributed by atoms with Crippen molar-refractivity contribution in [1.29, 1.82) is 0 Å². The Kier molecular flexibility index (Phi) is 5.53. The topological polar surface area (TPSA) is 88.3 Å². The molecule has 7 nitrogen and oxygen atoms in total. The number of hydrogen-bond acceptors (Lipinski definition) is 6. The maximum atomic E-state index is 12.7. The molecule has 29 heavy (non-hydrogen) atoms. The lowest BCUT2D eigenvalue weighted by Crippen LogP contribution is -2.26. The first-order chi connectivity index (χ1) is 14.0. The van der Waals surface area contributed by atoms with E-state index in [0.717, 1.165) is 24.3 Å². The summed E-state index contributed by atoms with van der Waals surface area (Å²) in [6, 6.07) is 9.01. The molecule has 1 N–H and O–H groups in total. The van der Waals surface area contributed by atoms with Crippen LogP contribution in [0.25, 0.3) is 11.1 Å². The minimum Gasteiger partial charge on any atom is -0.443 e. The smallest absolute Gasteiger partial charge is 0.256 e. The van der Waals surface area contributed by atoms with Gasteiger partial charge in [-0.15, -0.1) is 0 Å². The summed E-state index contributed by atoms with van der Waals surface area (Å²) in [7, 11) is 0. The lowest BCUT2D eigenvalue weighted by Gasteiger charge is -2.14. The SMILES string of the molecule is Cc1oc2nc(SCCN3CCCC3=O)nc(NC(=O)c3ccccc3)c2c1C. The number of benzene rings is 1. The first-order valence-corrected chi connectivity index (χ1v) is 10.6. The van der Waals surface area contributed by atoms with Crippen LogP contribution in [0.5, 0.6) is 0 Å². The first kappa shape index (κ1) is 19.4. The van der Waals surface area contributed by atoms with Crippen LogP contribution in [0.15, 0.2) is 39.9 Å². The summed E-state index contributed by atoms with van der Waals surface area (Å²) in [5.41, 5.74) is 1.92. The Labute approximate surface area is 172 Å². The molecule has 2 aromatic heterocycles. The second-order valence-electron chi connectivity index (χ2n) is 6.97. The van der Waals surface area contributed by atoms with Crippen LogP contribution in [0.4, 0.5) is 5.82 Å². The molecule has 0 unspecified atom stereocenters. The van der Waals surface area contributed by atoms with Crippen LogP contribution >= 0.6 is 11.8 Å². The number of anilines is 1. The van der Waals surface area contributed by atoms with Gasteiger partial charge in [-0.3, -0.25) is 9.59 Å². The molecular weight excluding hydrogens is 388 g/mol. The normalized spacial score (nSPS) is 14.0. The molecule has 0 spiro atoms. The zero-order valence-electron chi connectivity index (χ0n) is 16.4. The standard InChI is InChI=1S/C21H22N4O3S/c1-13-14(2)28-20-17(13)18(22-19(27)15-7-4-3-5-8-15)23-21(24-20)29-12-11-25-10-6-9-16(25)26/h3-5,7-8H,6,9-12H2,1-2H3,(H,22,23,24,27). The van der Waals surface area contributed by atoms with Crippen LogP contribution in [0.1, 0.15) is 34.5 Å². The highest BCUT2D eigenvalue weighted by molar-refractivity contribution is 7.99. The maximum Gasteiger partial charge on any atom is 0.256 e. The Bertz CT molecular complexity index is 1060. The van der Waals surface area contributed by atoms with Crippen molar-refractivity contribution in [3.05, 3.63) is 47.2 Å². The molecule has 1 aliphatic rings. The van der Waals surface area contributed by atoms with Crippen LogP contribution in [0.3, 0.4) is 0 Å². The number of carbonyl (C=O) groups is 2. The zero-order valence-corrected chi connectivity index (χ0v) is 17.2. The molecule has 8 heteroatoms. The predicted molar refractivity (Wildman–Crippen MR) is 112 cm³/mol. The highest BCUT2D eigenvalue weighted by Crippen LogP contribution is 2.31. The van der Waals surface area contributed by atoms with Gasteiger partial charge in [-0.05, 0) is 32.4 Å². The number of nitrogens with one attached hydrogen (secondary N) is 1. The number of aromatic nitrogens is 2. The summed E-state index contributed by atoms with van der Waals surface area (Å²) in [6.45, 7) is 5.27. The summed E-state index contributed by atoms with van der Waals surface area (Å²) < 4.78 is 5.78. The van der Waals surface area contributed by atoms with Gasteiger partial charge in [0.15, 0.2) is 5.16 Å². The molecule has 3 aromatic rings. The van der Waals surface area contributed by atoms with Crippen LogP contribution < -0.4 is 5.32 Å². The van der Waals surface area contributed by atoms with Crippen molar-refractivity contribution in [3.63, 3.8) is 0 Å². The van der Waals surface area contributed by atoms with E-state index in [-0.39, 0.29) is 11.8 Å². The second-order valence-corrected chi connectivity index (χ2v) is 8.03. The van der Waals surface area contributed by atoms with Gasteiger partial charge in [0.2, 0.25) is 11.6 Å². The lowest BCUT2D eigenvalue weighted by molar-refractivity contribution is -0.127. The Morgan fingerprint density at radius 1 is 1.24 bits per heavy atom. The number of amides is 2. The van der Waals surface area contributed by atoms with Gasteiger partial charge in [0.05, 0.1) is 5.39 Å². The fourth-order valence-corrected chi connectivity index (χ4v) is 4.14. The minimum atomic E-state index is -0.234. The van der Waals surface area contributed by atoms with E-state index in [1.165, 1.54) is 11.8 Å². The first-order valence-electron chi connectivity index (χ1n) is 9.57. The summed E-state index contributed by atoms with van der Waals surface area (Å²) in [6.07, 6.45) is 1.56. The Hall–Kier alpha value is -2.87. The number of aryl methyl sites for hydroxylation is 2. The van der Waals surface area contributed by atoms with Gasteiger partial charge >= 0.3 is 0 Å². The lowest BCUT2D eigenvalue weighted by atomic mass is 10.2. The molecule has 3 heterocycles. The molecule has 0 bridgehead atoms. The fraction of sp³-hybridized carbons (Fsp3) is 0.333. The van der Waals surface area contributed by atoms with Gasteiger partial charge in [0.25, 0.3) is 5.91 Å². The predicted octanol–water partition coefficient (Wildman–Crippen LogP) is 3.81. The summed E-state index contributed by atoms with van der Waals surface area (Å²) in [4.78, 5) is 35.4. The number of hydrogen-bond donors (Lipinski definition) is 1. The Morgan fingerprint density at radius 2 is 2.03 bits per heavy atom. The summed E-state index contributed by atoms with van der Waals surface area (Å²) >= 11 is 1.45. The molecule has 1 fully saturated rings. The largest absolute Gasteiger partial charge is 0.443 e. The average Bonchev–Trinajstić information content (AvgIpc) is 3.25. The highest BCUT2D eigenvalue weighted by atomic mass is 32.2. The van der Waals surface area contributed by atoms with Crippen molar-refractivity contribution < 1.29 is 14.0 Å². The number of likely N-dealkylation sites (tertiary alicyclic amines) is 1. The number of nitrogens with zero attached hydrogens (tertiary/aromatic N) is 3. The third kappa shape index (κ3) is 4.12. The van der Waals surface area contributed by atoms with E-state index in [0.29, 0.717) is 46.4 Å². The van der Waals surface area contributed by atoms with Gasteiger partial charge in [-0.1, -0.05) is 30.0 Å². The van der Waals surface area contributed by atoms with Crippen LogP contribution in [-0.2, 0) is 4.79 Å². The van der Waals surface area contributed by atoms with Gasteiger partial charge in [0, 0.05) is 36.4 Å². The molecule has 150 valence electrons. The van der Waals surface area contributed by atoms with Gasteiger partial charge < -0.3 is 14.6 Å². The van der Waals surface area contributed by atoms with Crippen molar-refractivity contribution >= 4 is 40.5 Å². The number of furan rings is 1. The molecule has 2 amide bonds. The molecule has 1 saturated heterocycles. The van der Waals surface area contributed by atoms with Gasteiger partial charge in [-0.25, -0.2) is 4.98 Å². The van der Waals surface area contributed by atoms with E-state index < -0.39 is 0 Å². The van der Waals surface area contributed by atoms with Crippen molar-refractivity contribution in [1.82, 2.24) is 14.9 Å². The fourth-order valence-electron chi connectivity index (χ4n) is 3.34. The van der Waals surface area contributed by atoms with Crippen molar-refractivity contribution in [3.8, 4) is 0 Å². The number of thioether (sulfide) groups is 1. The molecular formula is C21H22N4O3S. The van der Waals surface area contributed by atoms with E-state index in [2.05, 4.69) is 15.3 Å². The van der Waals surface area contributed by atoms with Crippen molar-refractivity contribution in [2.45, 2.75) is 31.8 Å². The number of fused-ring (bicyclic) bond motifs is 1. The Balaban J connectivity index is 1.57. The summed E-state index contributed by atoms with van der Waals surface area (Å²) in [5.74, 6) is 1.84. The molecule has 4 rings (SSSR count). The average molecular weight is 410 g/mol. The molecule has 0 aliphatic carbocycles. The minimum absolute atomic E-state index is 0.204. The third-order valence-electron chi connectivity index (χ3n) is 5.04. The second kappa shape index (κ2) is 8.24. The number of rotatable bonds is 6. The van der Waals surface area contributed by atoms with Crippen molar-refractivity contribution in [2.24, 2.45) is 0 Å². The molecule has 1 aromatic carbocycles. The van der Waals surface area contributed by atoms with Crippen LogP contribution in [-0.4, -0.2) is 45.5 Å². The third-order valence-corrected chi connectivity index (χ3v) is 5.87. The van der Waals surface area contributed by atoms with Gasteiger partial charge in [0.1, 0.15) is 11.6 Å². The zero-order chi connectivity index (χ0) is 20.4. The van der Waals surface area contributed by atoms with E-state index in [4.69, 9.17) is 4.42 Å². The monoisotopic (exact) mass is 410 g/mol. The van der Waals surface area contributed by atoms with E-state index in [1.54, 1.807) is 12.1 Å².